The molecule has 0 aliphatic heterocycles. The molecule has 0 spiro atoms. The zero-order valence-electron chi connectivity index (χ0n) is 9.93. The summed E-state index contributed by atoms with van der Waals surface area (Å²) in [5.74, 6) is 0.630. The minimum absolute atomic E-state index is 0.473. The van der Waals surface area contributed by atoms with Crippen LogP contribution in [0.25, 0.3) is 0 Å². The highest BCUT2D eigenvalue weighted by molar-refractivity contribution is 5.63. The molecule has 0 fully saturated rings. The van der Waals surface area contributed by atoms with Crippen molar-refractivity contribution in [2.75, 3.05) is 17.6 Å². The van der Waals surface area contributed by atoms with Gasteiger partial charge in [-0.05, 0) is 18.1 Å². The molecule has 2 aromatic rings. The number of nitrogens with zero attached hydrogens (tertiary/aromatic N) is 2. The number of hydrogen-bond donors (Lipinski definition) is 2. The van der Waals surface area contributed by atoms with Gasteiger partial charge in [-0.25, -0.2) is 4.98 Å². The van der Waals surface area contributed by atoms with Gasteiger partial charge in [-0.1, -0.05) is 30.3 Å². The molecule has 0 saturated carbocycles. The zero-order valence-corrected chi connectivity index (χ0v) is 9.93. The largest absolute Gasteiger partial charge is 0.396 e. The van der Waals surface area contributed by atoms with Crippen LogP contribution >= 0.6 is 0 Å². The van der Waals surface area contributed by atoms with Gasteiger partial charge in [0.25, 0.3) is 0 Å². The Balaban J connectivity index is 1.93. The second-order valence-electron chi connectivity index (χ2n) is 3.94. The van der Waals surface area contributed by atoms with Crippen LogP contribution in [0.1, 0.15) is 11.1 Å². The molecule has 2 rings (SSSR count). The third-order valence-electron chi connectivity index (χ3n) is 2.60. The first-order valence-electron chi connectivity index (χ1n) is 5.73. The Bertz CT molecular complexity index is 558. The molecule has 0 atom stereocenters. The van der Waals surface area contributed by atoms with E-state index in [0.717, 1.165) is 13.0 Å². The van der Waals surface area contributed by atoms with E-state index in [2.05, 4.69) is 22.4 Å². The molecule has 4 heteroatoms. The van der Waals surface area contributed by atoms with Crippen LogP contribution in [0.15, 0.2) is 42.6 Å². The lowest BCUT2D eigenvalue weighted by molar-refractivity contribution is 1.01. The van der Waals surface area contributed by atoms with Crippen molar-refractivity contribution in [2.45, 2.75) is 6.42 Å². The first-order valence-corrected chi connectivity index (χ1v) is 5.73. The summed E-state index contributed by atoms with van der Waals surface area (Å²) in [6, 6.07) is 13.8. The molecule has 0 aliphatic rings. The van der Waals surface area contributed by atoms with E-state index in [0.29, 0.717) is 17.1 Å². The van der Waals surface area contributed by atoms with Gasteiger partial charge in [-0.3, -0.25) is 0 Å². The first-order chi connectivity index (χ1) is 8.79. The van der Waals surface area contributed by atoms with Gasteiger partial charge in [-0.15, -0.1) is 0 Å². The highest BCUT2D eigenvalue weighted by Gasteiger charge is 2.01. The lowest BCUT2D eigenvalue weighted by atomic mass is 10.1. The molecular weight excluding hydrogens is 224 g/mol. The van der Waals surface area contributed by atoms with Gasteiger partial charge in [-0.2, -0.15) is 5.26 Å². The number of nitrogens with two attached hydrogens (primary N) is 1. The standard InChI is InChI=1S/C14H14N4/c15-9-12-8-13(16)14(18-10-12)17-7-6-11-4-2-1-3-5-11/h1-5,8,10H,6-7,16H2,(H,17,18). The Morgan fingerprint density at radius 3 is 2.72 bits per heavy atom. The average Bonchev–Trinajstić information content (AvgIpc) is 2.42. The van der Waals surface area contributed by atoms with Crippen molar-refractivity contribution < 1.29 is 0 Å². The van der Waals surface area contributed by atoms with Crippen molar-refractivity contribution in [3.8, 4) is 6.07 Å². The normalized spacial score (nSPS) is 9.72. The molecule has 0 unspecified atom stereocenters. The first kappa shape index (κ1) is 11.9. The molecule has 4 nitrogen and oxygen atoms in total. The summed E-state index contributed by atoms with van der Waals surface area (Å²) in [7, 11) is 0. The molecule has 3 N–H and O–H groups in total. The molecular formula is C14H14N4. The third kappa shape index (κ3) is 2.98. The van der Waals surface area contributed by atoms with Gasteiger partial charge >= 0.3 is 0 Å². The molecule has 1 aromatic carbocycles. The number of benzene rings is 1. The van der Waals surface area contributed by atoms with Crippen molar-refractivity contribution in [1.82, 2.24) is 4.98 Å². The van der Waals surface area contributed by atoms with Crippen LogP contribution in [0.2, 0.25) is 0 Å². The topological polar surface area (TPSA) is 74.7 Å². The molecule has 18 heavy (non-hydrogen) atoms. The highest BCUT2D eigenvalue weighted by Crippen LogP contribution is 2.15. The lowest BCUT2D eigenvalue weighted by Gasteiger charge is -2.08. The lowest BCUT2D eigenvalue weighted by Crippen LogP contribution is -2.08. The van der Waals surface area contributed by atoms with Crippen LogP contribution in [0, 0.1) is 11.3 Å². The van der Waals surface area contributed by atoms with Crippen LogP contribution in [0.5, 0.6) is 0 Å². The molecule has 1 aromatic heterocycles. The fourth-order valence-electron chi connectivity index (χ4n) is 1.66. The number of hydrogen-bond acceptors (Lipinski definition) is 4. The summed E-state index contributed by atoms with van der Waals surface area (Å²) in [5.41, 5.74) is 8.04. The van der Waals surface area contributed by atoms with Gasteiger partial charge in [0.1, 0.15) is 11.9 Å². The molecule has 90 valence electrons. The van der Waals surface area contributed by atoms with Crippen LogP contribution in [0.3, 0.4) is 0 Å². The number of pyridine rings is 1. The van der Waals surface area contributed by atoms with E-state index in [1.165, 1.54) is 11.8 Å². The summed E-state index contributed by atoms with van der Waals surface area (Å²) in [6.07, 6.45) is 2.42. The van der Waals surface area contributed by atoms with Crippen molar-refractivity contribution in [1.29, 1.82) is 5.26 Å². The van der Waals surface area contributed by atoms with Crippen molar-refractivity contribution in [3.05, 3.63) is 53.7 Å². The van der Waals surface area contributed by atoms with Crippen molar-refractivity contribution in [3.63, 3.8) is 0 Å². The number of nitrogen functional groups attached to an aromatic ring is 1. The summed E-state index contributed by atoms with van der Waals surface area (Å²) in [6.45, 7) is 0.757. The smallest absolute Gasteiger partial charge is 0.149 e. The van der Waals surface area contributed by atoms with Gasteiger partial charge in [0.15, 0.2) is 0 Å². The average molecular weight is 238 g/mol. The molecule has 1 heterocycles. The van der Waals surface area contributed by atoms with E-state index in [1.807, 2.05) is 24.3 Å². The maximum Gasteiger partial charge on any atom is 0.149 e. The number of aromatic nitrogens is 1. The second kappa shape index (κ2) is 5.69. The van der Waals surface area contributed by atoms with Gasteiger partial charge < -0.3 is 11.1 Å². The minimum atomic E-state index is 0.473. The van der Waals surface area contributed by atoms with E-state index in [1.54, 1.807) is 6.07 Å². The zero-order chi connectivity index (χ0) is 12.8. The fraction of sp³-hybridized carbons (Fsp3) is 0.143. The molecule has 0 aliphatic carbocycles. The van der Waals surface area contributed by atoms with Gasteiger partial charge in [0, 0.05) is 12.7 Å². The van der Waals surface area contributed by atoms with Gasteiger partial charge in [0.05, 0.1) is 11.3 Å². The van der Waals surface area contributed by atoms with Crippen LogP contribution in [0.4, 0.5) is 11.5 Å². The van der Waals surface area contributed by atoms with Crippen LogP contribution in [-0.2, 0) is 6.42 Å². The van der Waals surface area contributed by atoms with Gasteiger partial charge in [0.2, 0.25) is 0 Å². The Morgan fingerprint density at radius 2 is 2.06 bits per heavy atom. The maximum absolute atomic E-state index is 8.71. The Hall–Kier alpha value is -2.54. The van der Waals surface area contributed by atoms with E-state index in [4.69, 9.17) is 11.0 Å². The number of nitrogens with one attached hydrogen (secondary N) is 1. The van der Waals surface area contributed by atoms with Crippen molar-refractivity contribution >= 4 is 11.5 Å². The highest BCUT2D eigenvalue weighted by atomic mass is 15.0. The number of nitriles is 1. The number of rotatable bonds is 4. The third-order valence-corrected chi connectivity index (χ3v) is 2.60. The van der Waals surface area contributed by atoms with Crippen LogP contribution in [-0.4, -0.2) is 11.5 Å². The fourth-order valence-corrected chi connectivity index (χ4v) is 1.66. The summed E-state index contributed by atoms with van der Waals surface area (Å²) in [5, 5.41) is 11.9. The van der Waals surface area contributed by atoms with Crippen LogP contribution < -0.4 is 11.1 Å². The SMILES string of the molecule is N#Cc1cnc(NCCc2ccccc2)c(N)c1. The summed E-state index contributed by atoms with van der Waals surface area (Å²) in [4.78, 5) is 4.12. The molecule has 0 saturated heterocycles. The summed E-state index contributed by atoms with van der Waals surface area (Å²) < 4.78 is 0. The quantitative estimate of drug-likeness (QED) is 0.856. The Morgan fingerprint density at radius 1 is 1.28 bits per heavy atom. The Kier molecular flexibility index (Phi) is 3.77. The van der Waals surface area contributed by atoms with E-state index >= 15 is 0 Å². The predicted octanol–water partition coefficient (Wildman–Crippen LogP) is 2.19. The second-order valence-corrected chi connectivity index (χ2v) is 3.94. The Labute approximate surface area is 106 Å². The van der Waals surface area contributed by atoms with Crippen molar-refractivity contribution in [2.24, 2.45) is 0 Å². The molecule has 0 radical (unpaired) electrons. The number of anilines is 2. The van der Waals surface area contributed by atoms with E-state index in [9.17, 15) is 0 Å². The maximum atomic E-state index is 8.71. The summed E-state index contributed by atoms with van der Waals surface area (Å²) >= 11 is 0. The van der Waals surface area contributed by atoms with E-state index < -0.39 is 0 Å². The minimum Gasteiger partial charge on any atom is -0.396 e. The predicted molar refractivity (Wildman–Crippen MR) is 72.0 cm³/mol. The van der Waals surface area contributed by atoms with E-state index in [-0.39, 0.29) is 0 Å². The monoisotopic (exact) mass is 238 g/mol. The molecule has 0 bridgehead atoms. The molecule has 0 amide bonds.